The Balaban J connectivity index is 2.28. The Hall–Kier alpha value is -2.77. The third kappa shape index (κ3) is 2.97. The first-order valence-corrected chi connectivity index (χ1v) is 5.89. The van der Waals surface area contributed by atoms with Crippen molar-refractivity contribution in [1.82, 2.24) is 20.2 Å². The summed E-state index contributed by atoms with van der Waals surface area (Å²) in [4.78, 5) is 32.4. The Morgan fingerprint density at radius 2 is 2.30 bits per heavy atom. The van der Waals surface area contributed by atoms with Gasteiger partial charge in [0, 0.05) is 18.9 Å². The quantitative estimate of drug-likeness (QED) is 0.824. The highest BCUT2D eigenvalue weighted by Gasteiger charge is 2.25. The number of aromatic nitrogens is 4. The molecule has 0 saturated carbocycles. The second-order valence-corrected chi connectivity index (χ2v) is 4.21. The predicted molar refractivity (Wildman–Crippen MR) is 69.1 cm³/mol. The van der Waals surface area contributed by atoms with Crippen molar-refractivity contribution in [3.05, 3.63) is 36.4 Å². The van der Waals surface area contributed by atoms with E-state index in [1.807, 2.05) is 0 Å². The van der Waals surface area contributed by atoms with E-state index < -0.39 is 11.9 Å². The molecule has 2 heterocycles. The van der Waals surface area contributed by atoms with Gasteiger partial charge in [-0.2, -0.15) is 10.1 Å². The number of hydrogen-bond donors (Lipinski definition) is 2. The lowest BCUT2D eigenvalue weighted by molar-refractivity contribution is -0.140. The van der Waals surface area contributed by atoms with E-state index in [4.69, 9.17) is 5.11 Å². The molecule has 0 radical (unpaired) electrons. The van der Waals surface area contributed by atoms with Crippen molar-refractivity contribution in [3.63, 3.8) is 0 Å². The molecule has 8 heteroatoms. The number of aromatic amines is 1. The van der Waals surface area contributed by atoms with E-state index in [2.05, 4.69) is 20.2 Å². The molecule has 1 amide bonds. The van der Waals surface area contributed by atoms with Gasteiger partial charge in [0.25, 0.3) is 5.91 Å². The minimum absolute atomic E-state index is 0.0156. The van der Waals surface area contributed by atoms with E-state index in [9.17, 15) is 9.59 Å². The van der Waals surface area contributed by atoms with Crippen molar-refractivity contribution in [2.45, 2.75) is 6.92 Å². The van der Waals surface area contributed by atoms with Crippen LogP contribution in [0, 0.1) is 5.92 Å². The lowest BCUT2D eigenvalue weighted by Crippen LogP contribution is -2.37. The summed E-state index contributed by atoms with van der Waals surface area (Å²) >= 11 is 0. The number of nitrogens with zero attached hydrogens (tertiary/aromatic N) is 4. The molecule has 1 unspecified atom stereocenters. The molecule has 0 aromatic carbocycles. The van der Waals surface area contributed by atoms with E-state index in [1.165, 1.54) is 24.3 Å². The molecular weight excluding hydrogens is 262 g/mol. The number of aliphatic carboxylic acids is 1. The Morgan fingerprint density at radius 1 is 1.50 bits per heavy atom. The van der Waals surface area contributed by atoms with Gasteiger partial charge in [-0.05, 0) is 12.1 Å². The molecule has 2 aromatic rings. The van der Waals surface area contributed by atoms with Gasteiger partial charge in [-0.3, -0.25) is 19.5 Å². The van der Waals surface area contributed by atoms with Crippen molar-refractivity contribution < 1.29 is 14.7 Å². The highest BCUT2D eigenvalue weighted by Crippen LogP contribution is 2.13. The Morgan fingerprint density at radius 3 is 2.85 bits per heavy atom. The third-order valence-electron chi connectivity index (χ3n) is 2.69. The van der Waals surface area contributed by atoms with Gasteiger partial charge in [-0.15, -0.1) is 0 Å². The van der Waals surface area contributed by atoms with Crippen molar-refractivity contribution in [1.29, 1.82) is 0 Å². The Bertz CT molecular complexity index is 584. The monoisotopic (exact) mass is 275 g/mol. The van der Waals surface area contributed by atoms with Crippen molar-refractivity contribution in [3.8, 4) is 0 Å². The summed E-state index contributed by atoms with van der Waals surface area (Å²) in [7, 11) is 0. The lowest BCUT2D eigenvalue weighted by atomic mass is 10.1. The molecule has 0 bridgehead atoms. The molecule has 2 N–H and O–H groups in total. The van der Waals surface area contributed by atoms with E-state index >= 15 is 0 Å². The minimum atomic E-state index is -0.992. The van der Waals surface area contributed by atoms with Crippen molar-refractivity contribution in [2.75, 3.05) is 11.4 Å². The van der Waals surface area contributed by atoms with Crippen LogP contribution in [0.25, 0.3) is 0 Å². The average molecular weight is 275 g/mol. The van der Waals surface area contributed by atoms with E-state index in [0.717, 1.165) is 0 Å². The summed E-state index contributed by atoms with van der Waals surface area (Å²) in [6, 6.07) is 3.23. The zero-order valence-electron chi connectivity index (χ0n) is 10.7. The summed E-state index contributed by atoms with van der Waals surface area (Å²) in [5, 5.41) is 15.2. The van der Waals surface area contributed by atoms with Crippen LogP contribution in [0.3, 0.4) is 0 Å². The molecule has 0 aliphatic rings. The minimum Gasteiger partial charge on any atom is -0.481 e. The molecule has 2 rings (SSSR count). The van der Waals surface area contributed by atoms with Gasteiger partial charge in [-0.25, -0.2) is 5.10 Å². The van der Waals surface area contributed by atoms with Gasteiger partial charge < -0.3 is 5.11 Å². The fourth-order valence-corrected chi connectivity index (χ4v) is 1.59. The number of nitrogens with one attached hydrogen (secondary N) is 1. The maximum absolute atomic E-state index is 12.4. The fraction of sp³-hybridized carbons (Fsp3) is 0.250. The van der Waals surface area contributed by atoms with Crippen LogP contribution in [0.2, 0.25) is 0 Å². The average Bonchev–Trinajstić information content (AvgIpc) is 2.98. The van der Waals surface area contributed by atoms with Crippen LogP contribution < -0.4 is 4.90 Å². The number of pyridine rings is 1. The topological polar surface area (TPSA) is 112 Å². The van der Waals surface area contributed by atoms with Crippen molar-refractivity contribution in [2.24, 2.45) is 5.92 Å². The number of carbonyl (C=O) groups excluding carboxylic acids is 1. The Kier molecular flexibility index (Phi) is 4.04. The largest absolute Gasteiger partial charge is 0.481 e. The molecule has 0 aliphatic heterocycles. The highest BCUT2D eigenvalue weighted by molar-refractivity contribution is 6.05. The molecule has 0 saturated heterocycles. The molecule has 0 fully saturated rings. The molecule has 0 aliphatic carbocycles. The van der Waals surface area contributed by atoms with Gasteiger partial charge in [0.15, 0.2) is 0 Å². The summed E-state index contributed by atoms with van der Waals surface area (Å²) in [5.74, 6) is -1.91. The van der Waals surface area contributed by atoms with Crippen LogP contribution in [0.15, 0.2) is 30.9 Å². The van der Waals surface area contributed by atoms with Gasteiger partial charge >= 0.3 is 5.97 Å². The van der Waals surface area contributed by atoms with Crippen LogP contribution in [0.5, 0.6) is 0 Å². The van der Waals surface area contributed by atoms with Crippen molar-refractivity contribution >= 4 is 17.8 Å². The molecule has 2 aromatic heterocycles. The summed E-state index contributed by atoms with van der Waals surface area (Å²) in [5.41, 5.74) is 0.349. The number of rotatable bonds is 5. The number of carbonyl (C=O) groups is 2. The molecule has 104 valence electrons. The zero-order chi connectivity index (χ0) is 14.5. The van der Waals surface area contributed by atoms with Crippen LogP contribution >= 0.6 is 0 Å². The van der Waals surface area contributed by atoms with Crippen LogP contribution in [-0.4, -0.2) is 43.7 Å². The highest BCUT2D eigenvalue weighted by atomic mass is 16.4. The number of anilines is 1. The number of hydrogen-bond acceptors (Lipinski definition) is 5. The zero-order valence-corrected chi connectivity index (χ0v) is 10.7. The summed E-state index contributed by atoms with van der Waals surface area (Å²) in [6.07, 6.45) is 4.22. The summed E-state index contributed by atoms with van der Waals surface area (Å²) in [6.45, 7) is 1.50. The van der Waals surface area contributed by atoms with Gasteiger partial charge in [0.1, 0.15) is 6.33 Å². The van der Waals surface area contributed by atoms with E-state index in [1.54, 1.807) is 18.3 Å². The number of carboxylic acids is 1. The van der Waals surface area contributed by atoms with Crippen LogP contribution in [0.1, 0.15) is 17.3 Å². The first-order chi connectivity index (χ1) is 9.59. The normalized spacial score (nSPS) is 11.8. The lowest BCUT2D eigenvalue weighted by Gasteiger charge is -2.21. The number of H-pyrrole nitrogens is 1. The molecule has 20 heavy (non-hydrogen) atoms. The maximum Gasteiger partial charge on any atom is 0.308 e. The predicted octanol–water partition coefficient (Wildman–Crippen LogP) is 0.567. The maximum atomic E-state index is 12.4. The second kappa shape index (κ2) is 5.91. The molecular formula is C12H13N5O3. The second-order valence-electron chi connectivity index (χ2n) is 4.21. The SMILES string of the molecule is CC(CN(C(=O)c1cccnc1)c1ncn[nH]1)C(=O)O. The molecule has 8 nitrogen and oxygen atoms in total. The molecule has 0 spiro atoms. The number of carboxylic acid groups (broad SMARTS) is 1. The van der Waals surface area contributed by atoms with Gasteiger partial charge in [0.2, 0.25) is 5.95 Å². The van der Waals surface area contributed by atoms with E-state index in [-0.39, 0.29) is 18.4 Å². The third-order valence-corrected chi connectivity index (χ3v) is 2.69. The Labute approximate surface area is 114 Å². The fourth-order valence-electron chi connectivity index (χ4n) is 1.59. The first kappa shape index (κ1) is 13.7. The standard InChI is InChI=1S/C12H13N5O3/c1-8(11(19)20)6-17(12-14-7-15-16-12)10(18)9-3-2-4-13-5-9/h2-5,7-8H,6H2,1H3,(H,19,20)(H,14,15,16). The van der Waals surface area contributed by atoms with Crippen LogP contribution in [0.4, 0.5) is 5.95 Å². The van der Waals surface area contributed by atoms with Gasteiger partial charge in [0.05, 0.1) is 11.5 Å². The summed E-state index contributed by atoms with van der Waals surface area (Å²) < 4.78 is 0. The smallest absolute Gasteiger partial charge is 0.308 e. The van der Waals surface area contributed by atoms with E-state index in [0.29, 0.717) is 5.56 Å². The van der Waals surface area contributed by atoms with Crippen LogP contribution in [-0.2, 0) is 4.79 Å². The first-order valence-electron chi connectivity index (χ1n) is 5.89. The molecule has 1 atom stereocenters. The van der Waals surface area contributed by atoms with Gasteiger partial charge in [-0.1, -0.05) is 6.92 Å². The number of amides is 1.